The molecule has 0 aromatic carbocycles. The second-order valence-electron chi connectivity index (χ2n) is 7.70. The second-order valence-corrected chi connectivity index (χ2v) is 7.70. The number of nitrogens with zero attached hydrogens (tertiary/aromatic N) is 5. The lowest BCUT2D eigenvalue weighted by Gasteiger charge is -2.36. The number of carbonyl (C=O) groups is 1. The predicted molar refractivity (Wildman–Crippen MR) is 96.9 cm³/mol. The van der Waals surface area contributed by atoms with E-state index in [0.717, 1.165) is 49.6 Å². The summed E-state index contributed by atoms with van der Waals surface area (Å²) in [6, 6.07) is 1.96. The molecule has 0 radical (unpaired) electrons. The van der Waals surface area contributed by atoms with Crippen LogP contribution in [0.25, 0.3) is 11.4 Å². The highest BCUT2D eigenvalue weighted by Gasteiger charge is 2.32. The SMILES string of the molecule is CCn1nccc1-c1cnc(C2CCCN(C(=O)C(C)(C)C)C2)cn1. The van der Waals surface area contributed by atoms with Crippen LogP contribution in [0.1, 0.15) is 52.1 Å². The van der Waals surface area contributed by atoms with Crippen molar-refractivity contribution in [3.63, 3.8) is 0 Å². The van der Waals surface area contributed by atoms with E-state index in [2.05, 4.69) is 22.0 Å². The molecule has 1 amide bonds. The van der Waals surface area contributed by atoms with E-state index in [0.29, 0.717) is 0 Å². The lowest BCUT2D eigenvalue weighted by molar-refractivity contribution is -0.140. The van der Waals surface area contributed by atoms with E-state index in [1.807, 2.05) is 48.8 Å². The Morgan fingerprint density at radius 3 is 2.72 bits per heavy atom. The second kappa shape index (κ2) is 6.94. The standard InChI is InChI=1S/C19H27N5O/c1-5-24-17(8-9-22-24)16-12-20-15(11-21-16)14-7-6-10-23(13-14)18(25)19(2,3)4/h8-9,11-12,14H,5-7,10,13H2,1-4H3. The van der Waals surface area contributed by atoms with Gasteiger partial charge in [-0.05, 0) is 25.8 Å². The summed E-state index contributed by atoms with van der Waals surface area (Å²) < 4.78 is 1.91. The first-order valence-corrected chi connectivity index (χ1v) is 9.03. The number of aryl methyl sites for hydroxylation is 1. The molecule has 1 saturated heterocycles. The summed E-state index contributed by atoms with van der Waals surface area (Å²) in [5, 5.41) is 4.28. The van der Waals surface area contributed by atoms with Crippen LogP contribution in [0.4, 0.5) is 0 Å². The van der Waals surface area contributed by atoms with E-state index in [1.54, 1.807) is 6.20 Å². The van der Waals surface area contributed by atoms with Gasteiger partial charge in [0.2, 0.25) is 5.91 Å². The van der Waals surface area contributed by atoms with Crippen LogP contribution in [-0.4, -0.2) is 43.6 Å². The minimum Gasteiger partial charge on any atom is -0.342 e. The Bertz CT molecular complexity index is 729. The van der Waals surface area contributed by atoms with Crippen LogP contribution in [-0.2, 0) is 11.3 Å². The molecule has 3 rings (SSSR count). The molecule has 134 valence electrons. The Kier molecular flexibility index (Phi) is 4.88. The first kappa shape index (κ1) is 17.6. The lowest BCUT2D eigenvalue weighted by atomic mass is 9.90. The van der Waals surface area contributed by atoms with Gasteiger partial charge in [0.15, 0.2) is 0 Å². The van der Waals surface area contributed by atoms with Gasteiger partial charge in [-0.3, -0.25) is 19.4 Å². The van der Waals surface area contributed by atoms with Gasteiger partial charge < -0.3 is 4.90 Å². The highest BCUT2D eigenvalue weighted by atomic mass is 16.2. The number of rotatable bonds is 3. The molecule has 1 unspecified atom stereocenters. The Balaban J connectivity index is 1.75. The van der Waals surface area contributed by atoms with Crippen molar-refractivity contribution in [3.8, 4) is 11.4 Å². The van der Waals surface area contributed by atoms with E-state index < -0.39 is 0 Å². The zero-order chi connectivity index (χ0) is 18.0. The number of hydrogen-bond donors (Lipinski definition) is 0. The maximum atomic E-state index is 12.6. The summed E-state index contributed by atoms with van der Waals surface area (Å²) in [4.78, 5) is 23.8. The number of aromatic nitrogens is 4. The van der Waals surface area contributed by atoms with Crippen molar-refractivity contribution in [3.05, 3.63) is 30.4 Å². The van der Waals surface area contributed by atoms with Crippen molar-refractivity contribution in [2.75, 3.05) is 13.1 Å². The van der Waals surface area contributed by atoms with Gasteiger partial charge in [-0.1, -0.05) is 20.8 Å². The normalized spacial score (nSPS) is 18.4. The molecule has 2 aromatic heterocycles. The van der Waals surface area contributed by atoms with Crippen LogP contribution in [0.5, 0.6) is 0 Å². The van der Waals surface area contributed by atoms with Crippen molar-refractivity contribution >= 4 is 5.91 Å². The maximum absolute atomic E-state index is 12.6. The lowest BCUT2D eigenvalue weighted by Crippen LogP contribution is -2.44. The monoisotopic (exact) mass is 341 g/mol. The van der Waals surface area contributed by atoms with Crippen molar-refractivity contribution in [1.29, 1.82) is 0 Å². The Hall–Kier alpha value is -2.24. The fraction of sp³-hybridized carbons (Fsp3) is 0.579. The molecule has 1 atom stereocenters. The minimum absolute atomic E-state index is 0.216. The fourth-order valence-corrected chi connectivity index (χ4v) is 3.36. The number of hydrogen-bond acceptors (Lipinski definition) is 4. The molecule has 6 heteroatoms. The highest BCUT2D eigenvalue weighted by Crippen LogP contribution is 2.29. The van der Waals surface area contributed by atoms with Gasteiger partial charge in [0, 0.05) is 43.4 Å². The number of likely N-dealkylation sites (tertiary alicyclic amines) is 1. The molecule has 0 spiro atoms. The third-order valence-electron chi connectivity index (χ3n) is 4.72. The van der Waals surface area contributed by atoms with Crippen LogP contribution < -0.4 is 0 Å². The average molecular weight is 341 g/mol. The third kappa shape index (κ3) is 3.72. The predicted octanol–water partition coefficient (Wildman–Crippen LogP) is 3.11. The highest BCUT2D eigenvalue weighted by molar-refractivity contribution is 5.81. The van der Waals surface area contributed by atoms with E-state index in [-0.39, 0.29) is 17.2 Å². The zero-order valence-electron chi connectivity index (χ0n) is 15.6. The molecule has 0 N–H and O–H groups in total. The van der Waals surface area contributed by atoms with Crippen LogP contribution in [0.15, 0.2) is 24.7 Å². The van der Waals surface area contributed by atoms with Gasteiger partial charge in [0.1, 0.15) is 5.69 Å². The van der Waals surface area contributed by atoms with Gasteiger partial charge in [-0.25, -0.2) is 0 Å². The minimum atomic E-state index is -0.337. The number of carbonyl (C=O) groups excluding carboxylic acids is 1. The van der Waals surface area contributed by atoms with E-state index in [1.165, 1.54) is 0 Å². The van der Waals surface area contributed by atoms with Gasteiger partial charge in [0.05, 0.1) is 17.6 Å². The summed E-state index contributed by atoms with van der Waals surface area (Å²) in [5.41, 5.74) is 2.45. The first-order valence-electron chi connectivity index (χ1n) is 9.03. The largest absolute Gasteiger partial charge is 0.342 e. The molecular formula is C19H27N5O. The first-order chi connectivity index (χ1) is 11.9. The molecule has 1 aliphatic rings. The average Bonchev–Trinajstić information content (AvgIpc) is 3.09. The summed E-state index contributed by atoms with van der Waals surface area (Å²) in [5.74, 6) is 0.478. The van der Waals surface area contributed by atoms with Crippen LogP contribution in [0.2, 0.25) is 0 Å². The summed E-state index contributed by atoms with van der Waals surface area (Å²) in [6.07, 6.45) is 7.53. The quantitative estimate of drug-likeness (QED) is 0.860. The van der Waals surface area contributed by atoms with Gasteiger partial charge in [-0.2, -0.15) is 5.10 Å². The molecule has 1 fully saturated rings. The molecular weight excluding hydrogens is 314 g/mol. The van der Waals surface area contributed by atoms with Crippen molar-refractivity contribution < 1.29 is 4.79 Å². The van der Waals surface area contributed by atoms with Gasteiger partial charge in [0.25, 0.3) is 0 Å². The zero-order valence-corrected chi connectivity index (χ0v) is 15.6. The Labute approximate surface area is 149 Å². The molecule has 6 nitrogen and oxygen atoms in total. The van der Waals surface area contributed by atoms with E-state index >= 15 is 0 Å². The van der Waals surface area contributed by atoms with Gasteiger partial charge in [-0.15, -0.1) is 0 Å². The summed E-state index contributed by atoms with van der Waals surface area (Å²) in [6.45, 7) is 10.4. The van der Waals surface area contributed by atoms with Crippen LogP contribution >= 0.6 is 0 Å². The smallest absolute Gasteiger partial charge is 0.227 e. The van der Waals surface area contributed by atoms with Gasteiger partial charge >= 0.3 is 0 Å². The molecule has 1 aliphatic heterocycles. The Morgan fingerprint density at radius 1 is 1.28 bits per heavy atom. The number of amides is 1. The van der Waals surface area contributed by atoms with E-state index in [9.17, 15) is 4.79 Å². The third-order valence-corrected chi connectivity index (χ3v) is 4.72. The molecule has 0 aliphatic carbocycles. The molecule has 0 bridgehead atoms. The molecule has 0 saturated carbocycles. The van der Waals surface area contributed by atoms with Crippen molar-refractivity contribution in [1.82, 2.24) is 24.6 Å². The number of piperidine rings is 1. The van der Waals surface area contributed by atoms with Crippen molar-refractivity contribution in [2.24, 2.45) is 5.41 Å². The fourth-order valence-electron chi connectivity index (χ4n) is 3.36. The summed E-state index contributed by atoms with van der Waals surface area (Å²) >= 11 is 0. The van der Waals surface area contributed by atoms with Crippen LogP contribution in [0, 0.1) is 5.41 Å². The van der Waals surface area contributed by atoms with Crippen LogP contribution in [0.3, 0.4) is 0 Å². The Morgan fingerprint density at radius 2 is 2.08 bits per heavy atom. The summed E-state index contributed by atoms with van der Waals surface area (Å²) in [7, 11) is 0. The van der Waals surface area contributed by atoms with E-state index in [4.69, 9.17) is 0 Å². The topological polar surface area (TPSA) is 63.9 Å². The molecule has 25 heavy (non-hydrogen) atoms. The molecule has 2 aromatic rings. The molecule has 3 heterocycles. The van der Waals surface area contributed by atoms with Crippen molar-refractivity contribution in [2.45, 2.75) is 53.0 Å². The maximum Gasteiger partial charge on any atom is 0.227 e.